The molecular weight excluding hydrogens is 212 g/mol. The minimum atomic E-state index is 0.0315. The highest BCUT2D eigenvalue weighted by molar-refractivity contribution is 6.29. The van der Waals surface area contributed by atoms with Gasteiger partial charge in [-0.3, -0.25) is 4.79 Å². The van der Waals surface area contributed by atoms with Gasteiger partial charge < -0.3 is 4.90 Å². The molecule has 1 amide bonds. The van der Waals surface area contributed by atoms with E-state index in [1.165, 1.54) is 6.42 Å². The van der Waals surface area contributed by atoms with Crippen LogP contribution in [-0.4, -0.2) is 28.9 Å². The zero-order valence-corrected chi connectivity index (χ0v) is 9.37. The van der Waals surface area contributed by atoms with Gasteiger partial charge in [-0.25, -0.2) is 4.98 Å². The Morgan fingerprint density at radius 2 is 2.33 bits per heavy atom. The maximum absolute atomic E-state index is 12.0. The van der Waals surface area contributed by atoms with E-state index in [0.29, 0.717) is 16.8 Å². The average Bonchev–Trinajstić information content (AvgIpc) is 2.14. The van der Waals surface area contributed by atoms with Crippen LogP contribution >= 0.6 is 11.6 Å². The molecule has 0 N–H and O–H groups in total. The Balaban J connectivity index is 2.12. The summed E-state index contributed by atoms with van der Waals surface area (Å²) in [7, 11) is 1.85. The highest BCUT2D eigenvalue weighted by atomic mass is 35.5. The molecule has 0 spiro atoms. The standard InChI is InChI=1S/C11H13ClN2O/c1-14(9-3-2-4-9)11(15)8-5-6-13-10(12)7-8/h5-7,9H,2-4H2,1H3. The van der Waals surface area contributed by atoms with E-state index in [9.17, 15) is 4.79 Å². The van der Waals surface area contributed by atoms with Gasteiger partial charge in [-0.2, -0.15) is 0 Å². The molecule has 3 nitrogen and oxygen atoms in total. The van der Waals surface area contributed by atoms with Crippen molar-refractivity contribution in [3.8, 4) is 0 Å². The largest absolute Gasteiger partial charge is 0.339 e. The molecule has 0 aliphatic heterocycles. The average molecular weight is 225 g/mol. The minimum absolute atomic E-state index is 0.0315. The summed E-state index contributed by atoms with van der Waals surface area (Å²) in [5.74, 6) is 0.0315. The minimum Gasteiger partial charge on any atom is -0.339 e. The van der Waals surface area contributed by atoms with Gasteiger partial charge in [-0.05, 0) is 31.4 Å². The molecule has 2 rings (SSSR count). The predicted molar refractivity (Wildman–Crippen MR) is 59.0 cm³/mol. The monoisotopic (exact) mass is 224 g/mol. The summed E-state index contributed by atoms with van der Waals surface area (Å²) < 4.78 is 0. The van der Waals surface area contributed by atoms with Gasteiger partial charge in [-0.15, -0.1) is 0 Å². The Morgan fingerprint density at radius 1 is 1.60 bits per heavy atom. The van der Waals surface area contributed by atoms with Crippen LogP contribution in [0.3, 0.4) is 0 Å². The Labute approximate surface area is 94.1 Å². The Hall–Kier alpha value is -1.09. The van der Waals surface area contributed by atoms with E-state index in [0.717, 1.165) is 12.8 Å². The molecule has 0 radical (unpaired) electrons. The van der Waals surface area contributed by atoms with Gasteiger partial charge in [0.05, 0.1) is 0 Å². The van der Waals surface area contributed by atoms with Crippen LogP contribution in [0.15, 0.2) is 18.3 Å². The number of rotatable bonds is 2. The highest BCUT2D eigenvalue weighted by Gasteiger charge is 2.26. The molecule has 1 aliphatic carbocycles. The van der Waals surface area contributed by atoms with Crippen LogP contribution < -0.4 is 0 Å². The first-order valence-corrected chi connectivity index (χ1v) is 5.45. The first-order valence-electron chi connectivity index (χ1n) is 5.07. The highest BCUT2D eigenvalue weighted by Crippen LogP contribution is 2.24. The van der Waals surface area contributed by atoms with Crippen molar-refractivity contribution in [1.29, 1.82) is 0 Å². The van der Waals surface area contributed by atoms with Gasteiger partial charge in [0, 0.05) is 24.8 Å². The van der Waals surface area contributed by atoms with Gasteiger partial charge in [0.15, 0.2) is 0 Å². The molecular formula is C11H13ClN2O. The third-order valence-electron chi connectivity index (χ3n) is 2.92. The van der Waals surface area contributed by atoms with Crippen LogP contribution in [0.4, 0.5) is 0 Å². The van der Waals surface area contributed by atoms with E-state index in [1.54, 1.807) is 23.2 Å². The lowest BCUT2D eigenvalue weighted by Gasteiger charge is -2.34. The van der Waals surface area contributed by atoms with Gasteiger partial charge in [0.2, 0.25) is 0 Å². The van der Waals surface area contributed by atoms with Gasteiger partial charge in [-0.1, -0.05) is 11.6 Å². The molecule has 80 valence electrons. The summed E-state index contributed by atoms with van der Waals surface area (Å²) >= 11 is 5.74. The smallest absolute Gasteiger partial charge is 0.254 e. The Morgan fingerprint density at radius 3 is 2.87 bits per heavy atom. The zero-order chi connectivity index (χ0) is 10.8. The lowest BCUT2D eigenvalue weighted by molar-refractivity contribution is 0.0652. The van der Waals surface area contributed by atoms with E-state index in [-0.39, 0.29) is 5.91 Å². The van der Waals surface area contributed by atoms with E-state index >= 15 is 0 Å². The van der Waals surface area contributed by atoms with Gasteiger partial charge in [0.25, 0.3) is 5.91 Å². The van der Waals surface area contributed by atoms with Crippen molar-refractivity contribution >= 4 is 17.5 Å². The van der Waals surface area contributed by atoms with Crippen molar-refractivity contribution in [2.75, 3.05) is 7.05 Å². The maximum Gasteiger partial charge on any atom is 0.254 e. The van der Waals surface area contributed by atoms with Crippen molar-refractivity contribution in [1.82, 2.24) is 9.88 Å². The first kappa shape index (κ1) is 10.4. The molecule has 1 aromatic rings. The molecule has 1 saturated carbocycles. The number of aromatic nitrogens is 1. The first-order chi connectivity index (χ1) is 7.18. The number of carbonyl (C=O) groups excluding carboxylic acids is 1. The molecule has 1 fully saturated rings. The number of nitrogens with zero attached hydrogens (tertiary/aromatic N) is 2. The second-order valence-electron chi connectivity index (χ2n) is 3.87. The maximum atomic E-state index is 12.0. The molecule has 0 bridgehead atoms. The number of carbonyl (C=O) groups is 1. The number of pyridine rings is 1. The fourth-order valence-electron chi connectivity index (χ4n) is 1.68. The molecule has 4 heteroatoms. The van der Waals surface area contributed by atoms with Crippen molar-refractivity contribution in [3.05, 3.63) is 29.0 Å². The second-order valence-corrected chi connectivity index (χ2v) is 4.26. The molecule has 0 unspecified atom stereocenters. The van der Waals surface area contributed by atoms with Crippen LogP contribution in [-0.2, 0) is 0 Å². The fourth-order valence-corrected chi connectivity index (χ4v) is 1.85. The van der Waals surface area contributed by atoms with Crippen molar-refractivity contribution < 1.29 is 4.79 Å². The Kier molecular flexibility index (Phi) is 2.91. The van der Waals surface area contributed by atoms with Gasteiger partial charge >= 0.3 is 0 Å². The molecule has 15 heavy (non-hydrogen) atoms. The van der Waals surface area contributed by atoms with E-state index < -0.39 is 0 Å². The van der Waals surface area contributed by atoms with Crippen LogP contribution in [0.1, 0.15) is 29.6 Å². The number of amides is 1. The lowest BCUT2D eigenvalue weighted by Crippen LogP contribution is -2.41. The van der Waals surface area contributed by atoms with E-state index in [2.05, 4.69) is 4.98 Å². The third-order valence-corrected chi connectivity index (χ3v) is 3.12. The molecule has 0 atom stereocenters. The molecule has 1 heterocycles. The van der Waals surface area contributed by atoms with Crippen LogP contribution in [0.5, 0.6) is 0 Å². The number of halogens is 1. The summed E-state index contributed by atoms with van der Waals surface area (Å²) in [6, 6.07) is 3.71. The molecule has 1 aliphatic rings. The van der Waals surface area contributed by atoms with Crippen LogP contribution in [0.25, 0.3) is 0 Å². The SMILES string of the molecule is CN(C(=O)c1ccnc(Cl)c1)C1CCC1. The normalized spacial score (nSPS) is 15.9. The molecule has 0 aromatic carbocycles. The number of hydrogen-bond donors (Lipinski definition) is 0. The fraction of sp³-hybridized carbons (Fsp3) is 0.455. The van der Waals surface area contributed by atoms with Crippen LogP contribution in [0, 0.1) is 0 Å². The van der Waals surface area contributed by atoms with Crippen molar-refractivity contribution in [2.45, 2.75) is 25.3 Å². The zero-order valence-electron chi connectivity index (χ0n) is 8.61. The molecule has 0 saturated heterocycles. The van der Waals surface area contributed by atoms with E-state index in [4.69, 9.17) is 11.6 Å². The second kappa shape index (κ2) is 4.19. The third kappa shape index (κ3) is 2.12. The molecule has 1 aromatic heterocycles. The van der Waals surface area contributed by atoms with E-state index in [1.807, 2.05) is 7.05 Å². The number of hydrogen-bond acceptors (Lipinski definition) is 2. The summed E-state index contributed by atoms with van der Waals surface area (Å²) in [5, 5.41) is 0.364. The topological polar surface area (TPSA) is 33.2 Å². The summed E-state index contributed by atoms with van der Waals surface area (Å²) in [4.78, 5) is 17.6. The summed E-state index contributed by atoms with van der Waals surface area (Å²) in [6.07, 6.45) is 5.01. The lowest BCUT2D eigenvalue weighted by atomic mass is 9.91. The summed E-state index contributed by atoms with van der Waals surface area (Å²) in [5.41, 5.74) is 0.615. The van der Waals surface area contributed by atoms with Crippen LogP contribution in [0.2, 0.25) is 5.15 Å². The van der Waals surface area contributed by atoms with Crippen molar-refractivity contribution in [3.63, 3.8) is 0 Å². The summed E-state index contributed by atoms with van der Waals surface area (Å²) in [6.45, 7) is 0. The van der Waals surface area contributed by atoms with Crippen molar-refractivity contribution in [2.24, 2.45) is 0 Å². The predicted octanol–water partition coefficient (Wildman–Crippen LogP) is 2.36. The quantitative estimate of drug-likeness (QED) is 0.723. The Bertz CT molecular complexity index is 377. The van der Waals surface area contributed by atoms with Gasteiger partial charge in [0.1, 0.15) is 5.15 Å².